The van der Waals surface area contributed by atoms with E-state index >= 15 is 0 Å². The number of hydrogen-bond donors (Lipinski definition) is 4. The van der Waals surface area contributed by atoms with Gasteiger partial charge in [-0.05, 0) is 36.5 Å². The maximum atomic E-state index is 13.9. The summed E-state index contributed by atoms with van der Waals surface area (Å²) in [5.74, 6) is 0. The number of benzene rings is 2. The van der Waals surface area contributed by atoms with Crippen LogP contribution in [0.1, 0.15) is 56.5 Å². The smallest absolute Gasteiger partial charge is 0.383 e. The first-order valence-electron chi connectivity index (χ1n) is 13.7. The molecular formula is C29H30ClF3N10. The number of nitriles is 1. The Morgan fingerprint density at radius 1 is 1.21 bits per heavy atom. The summed E-state index contributed by atoms with van der Waals surface area (Å²) in [5.41, 5.74) is 8.68. The molecular weight excluding hydrogens is 581 g/mol. The zero-order valence-corrected chi connectivity index (χ0v) is 24.7. The highest BCUT2D eigenvalue weighted by Gasteiger charge is 2.66. The number of nitrogens with one attached hydrogen (secondary N) is 4. The Kier molecular flexibility index (Phi) is 6.82. The predicted octanol–water partition coefficient (Wildman–Crippen LogP) is 6.34. The Labute approximate surface area is 251 Å². The van der Waals surface area contributed by atoms with Crippen LogP contribution in [0.5, 0.6) is 0 Å². The van der Waals surface area contributed by atoms with E-state index in [2.05, 4.69) is 63.7 Å². The van der Waals surface area contributed by atoms with Crippen molar-refractivity contribution in [2.24, 2.45) is 5.41 Å². The van der Waals surface area contributed by atoms with Gasteiger partial charge in [-0.2, -0.15) is 18.4 Å². The highest BCUT2D eigenvalue weighted by atomic mass is 35.5. The lowest BCUT2D eigenvalue weighted by molar-refractivity contribution is -0.182. The number of fused-ring (bicyclic) bond motifs is 2. The molecule has 0 spiro atoms. The van der Waals surface area contributed by atoms with Crippen LogP contribution in [-0.4, -0.2) is 39.7 Å². The van der Waals surface area contributed by atoms with Gasteiger partial charge in [0.05, 0.1) is 45.4 Å². The number of aromatic nitrogens is 4. The SMILES string of the molecule is CN1NNc2cccc([C@H](Nc3cc(Cl)c4ncc(C#N)c(NCC(C)(C)C)c4c3)c3cn(C4(C(F)(F)F)CC4)nn3)c21. The normalized spacial score (nSPS) is 16.4. The summed E-state index contributed by atoms with van der Waals surface area (Å²) in [4.78, 5) is 4.43. The van der Waals surface area contributed by atoms with Gasteiger partial charge in [0, 0.05) is 36.4 Å². The fraction of sp³-hybridized carbons (Fsp3) is 0.379. The van der Waals surface area contributed by atoms with Crippen LogP contribution in [0.25, 0.3) is 10.9 Å². The Morgan fingerprint density at radius 2 is 1.98 bits per heavy atom. The standard InChI is InChI=1S/C29H30ClF3N10/c1-27(2,3)15-36-23-16(12-34)13-35-24-19(23)10-17(11-20(24)30)37-25(18-6-5-7-21-26(18)42(4)40-38-21)22-14-43(41-39-22)28(8-9-28)29(31,32)33/h5-7,10-11,13-14,25,37-38,40H,8-9,15H2,1-4H3,(H,35,36)/t25-/m0/s1. The molecule has 1 aliphatic carbocycles. The number of halogens is 4. The molecule has 1 saturated carbocycles. The minimum Gasteiger partial charge on any atom is -0.383 e. The highest BCUT2D eigenvalue weighted by molar-refractivity contribution is 6.35. The molecule has 2 aromatic carbocycles. The number of para-hydroxylation sites is 1. The molecule has 2 aromatic heterocycles. The molecule has 0 saturated heterocycles. The summed E-state index contributed by atoms with van der Waals surface area (Å²) in [5, 5.41) is 27.6. The van der Waals surface area contributed by atoms with Crippen molar-refractivity contribution >= 4 is 45.3 Å². The number of nitrogens with zero attached hydrogens (tertiary/aromatic N) is 6. The van der Waals surface area contributed by atoms with Crippen molar-refractivity contribution in [2.45, 2.75) is 51.4 Å². The fourth-order valence-electron chi connectivity index (χ4n) is 5.30. The van der Waals surface area contributed by atoms with E-state index in [9.17, 15) is 18.4 Å². The van der Waals surface area contributed by atoms with Crippen LogP contribution < -0.4 is 26.6 Å². The van der Waals surface area contributed by atoms with E-state index in [0.717, 1.165) is 21.6 Å². The molecule has 224 valence electrons. The second kappa shape index (κ2) is 10.2. The maximum Gasteiger partial charge on any atom is 0.413 e. The molecule has 3 heterocycles. The molecule has 1 fully saturated rings. The van der Waals surface area contributed by atoms with Gasteiger partial charge in [-0.25, -0.2) is 4.68 Å². The van der Waals surface area contributed by atoms with Gasteiger partial charge in [0.1, 0.15) is 11.8 Å². The van der Waals surface area contributed by atoms with Crippen LogP contribution in [0.2, 0.25) is 5.02 Å². The van der Waals surface area contributed by atoms with E-state index in [0.29, 0.717) is 45.1 Å². The lowest BCUT2D eigenvalue weighted by Crippen LogP contribution is -2.35. The lowest BCUT2D eigenvalue weighted by Gasteiger charge is -2.24. The minimum absolute atomic E-state index is 0.0481. The summed E-state index contributed by atoms with van der Waals surface area (Å²) in [7, 11) is 1.83. The van der Waals surface area contributed by atoms with Crippen LogP contribution in [0.3, 0.4) is 0 Å². The van der Waals surface area contributed by atoms with Crippen molar-refractivity contribution in [1.82, 2.24) is 25.5 Å². The van der Waals surface area contributed by atoms with Crippen LogP contribution >= 0.6 is 11.6 Å². The molecule has 1 atom stereocenters. The largest absolute Gasteiger partial charge is 0.413 e. The number of alkyl halides is 3. The maximum absolute atomic E-state index is 13.9. The third kappa shape index (κ3) is 5.14. The van der Waals surface area contributed by atoms with Gasteiger partial charge >= 0.3 is 6.18 Å². The molecule has 0 unspecified atom stereocenters. The molecule has 1 aliphatic heterocycles. The zero-order valence-electron chi connectivity index (χ0n) is 23.9. The molecule has 6 rings (SSSR count). The molecule has 14 heteroatoms. The van der Waals surface area contributed by atoms with Crippen LogP contribution in [0, 0.1) is 16.7 Å². The Hall–Kier alpha value is -4.28. The van der Waals surface area contributed by atoms with Gasteiger partial charge in [0.25, 0.3) is 0 Å². The number of anilines is 4. The monoisotopic (exact) mass is 610 g/mol. The van der Waals surface area contributed by atoms with E-state index in [1.54, 1.807) is 11.1 Å². The van der Waals surface area contributed by atoms with Crippen molar-refractivity contribution in [2.75, 3.05) is 34.7 Å². The van der Waals surface area contributed by atoms with Crippen LogP contribution in [0.4, 0.5) is 35.9 Å². The zero-order chi connectivity index (χ0) is 30.7. The number of hydrogen-bond acceptors (Lipinski definition) is 9. The van der Waals surface area contributed by atoms with Gasteiger partial charge < -0.3 is 16.1 Å². The van der Waals surface area contributed by atoms with E-state index in [-0.39, 0.29) is 18.3 Å². The summed E-state index contributed by atoms with van der Waals surface area (Å²) >= 11 is 6.74. The molecule has 0 radical (unpaired) electrons. The van der Waals surface area contributed by atoms with Crippen molar-refractivity contribution in [3.8, 4) is 6.07 Å². The van der Waals surface area contributed by atoms with Crippen molar-refractivity contribution in [1.29, 1.82) is 5.26 Å². The Bertz CT molecular complexity index is 1750. The van der Waals surface area contributed by atoms with Crippen molar-refractivity contribution in [3.63, 3.8) is 0 Å². The molecule has 10 nitrogen and oxygen atoms in total. The quantitative estimate of drug-likeness (QED) is 0.190. The second-order valence-electron chi connectivity index (χ2n) is 12.2. The molecule has 4 N–H and O–H groups in total. The molecule has 2 aliphatic rings. The van der Waals surface area contributed by atoms with E-state index < -0.39 is 17.8 Å². The minimum atomic E-state index is -4.45. The van der Waals surface area contributed by atoms with E-state index in [4.69, 9.17) is 11.6 Å². The van der Waals surface area contributed by atoms with Gasteiger partial charge in [-0.15, -0.1) is 10.6 Å². The van der Waals surface area contributed by atoms with E-state index in [1.807, 2.05) is 31.3 Å². The summed E-state index contributed by atoms with van der Waals surface area (Å²) < 4.78 is 42.8. The van der Waals surface area contributed by atoms with Crippen molar-refractivity contribution < 1.29 is 13.2 Å². The highest BCUT2D eigenvalue weighted by Crippen LogP contribution is 2.55. The summed E-state index contributed by atoms with van der Waals surface area (Å²) in [6.45, 7) is 6.83. The predicted molar refractivity (Wildman–Crippen MR) is 160 cm³/mol. The topological polar surface area (TPSA) is 119 Å². The third-order valence-electron chi connectivity index (χ3n) is 7.72. The Balaban J connectivity index is 1.47. The number of hydrazine groups is 2. The van der Waals surface area contributed by atoms with Gasteiger partial charge in [-0.3, -0.25) is 9.99 Å². The second-order valence-corrected chi connectivity index (χ2v) is 12.6. The first kappa shape index (κ1) is 28.8. The first-order valence-corrected chi connectivity index (χ1v) is 14.1. The third-order valence-corrected chi connectivity index (χ3v) is 8.01. The molecule has 4 aromatic rings. The average Bonchev–Trinajstić information content (AvgIpc) is 3.49. The first-order chi connectivity index (χ1) is 20.3. The summed E-state index contributed by atoms with van der Waals surface area (Å²) in [6.07, 6.45) is -1.69. The van der Waals surface area contributed by atoms with Gasteiger partial charge in [-0.1, -0.05) is 49.7 Å². The Morgan fingerprint density at radius 3 is 2.65 bits per heavy atom. The van der Waals surface area contributed by atoms with E-state index in [1.165, 1.54) is 12.4 Å². The average molecular weight is 611 g/mol. The fourth-order valence-corrected chi connectivity index (χ4v) is 5.57. The number of rotatable bonds is 7. The van der Waals surface area contributed by atoms with Crippen LogP contribution in [-0.2, 0) is 5.54 Å². The number of pyridine rings is 1. The molecule has 0 bridgehead atoms. The molecule has 43 heavy (non-hydrogen) atoms. The van der Waals surface area contributed by atoms with Crippen LogP contribution in [0.15, 0.2) is 42.7 Å². The van der Waals surface area contributed by atoms with Crippen molar-refractivity contribution in [3.05, 3.63) is 64.6 Å². The summed E-state index contributed by atoms with van der Waals surface area (Å²) in [6, 6.07) is 10.6. The van der Waals surface area contributed by atoms with Gasteiger partial charge in [0.2, 0.25) is 0 Å². The van der Waals surface area contributed by atoms with Gasteiger partial charge in [0.15, 0.2) is 5.54 Å². The molecule has 0 amide bonds. The lowest BCUT2D eigenvalue weighted by atomic mass is 9.96.